The van der Waals surface area contributed by atoms with Crippen LogP contribution in [0.4, 0.5) is 0 Å². The Bertz CT molecular complexity index is 185. The Kier molecular flexibility index (Phi) is 12.4. The van der Waals surface area contributed by atoms with Crippen LogP contribution in [0, 0.1) is 0 Å². The number of hydrogen-bond acceptors (Lipinski definition) is 1. The lowest BCUT2D eigenvalue weighted by molar-refractivity contribution is -0.121. The Labute approximate surface area is 115 Å². The minimum absolute atomic E-state index is 0.209. The molecular formula is C14H28BrNO. The Morgan fingerprint density at radius 3 is 2.35 bits per heavy atom. The van der Waals surface area contributed by atoms with E-state index in [1.165, 1.54) is 32.1 Å². The lowest BCUT2D eigenvalue weighted by Crippen LogP contribution is -2.29. The number of rotatable bonds is 11. The molecule has 0 aliphatic rings. The number of carbonyl (C=O) groups excluding carboxylic acids is 1. The maximum atomic E-state index is 11.5. The number of carbonyl (C=O) groups is 1. The van der Waals surface area contributed by atoms with Crippen LogP contribution in [-0.4, -0.2) is 17.3 Å². The van der Waals surface area contributed by atoms with Gasteiger partial charge in [0.15, 0.2) is 0 Å². The molecule has 0 bridgehead atoms. The highest BCUT2D eigenvalue weighted by molar-refractivity contribution is 9.09. The SMILES string of the molecule is CCCCCCCCC(=O)NCC(Br)CCC. The average molecular weight is 306 g/mol. The summed E-state index contributed by atoms with van der Waals surface area (Å²) in [5.74, 6) is 0.209. The lowest BCUT2D eigenvalue weighted by atomic mass is 10.1. The maximum absolute atomic E-state index is 11.5. The highest BCUT2D eigenvalue weighted by Crippen LogP contribution is 2.08. The van der Waals surface area contributed by atoms with Crippen LogP contribution < -0.4 is 5.32 Å². The van der Waals surface area contributed by atoms with Crippen molar-refractivity contribution in [2.24, 2.45) is 0 Å². The molecule has 3 heteroatoms. The summed E-state index contributed by atoms with van der Waals surface area (Å²) in [4.78, 5) is 11.9. The third-order valence-electron chi connectivity index (χ3n) is 2.88. The summed E-state index contributed by atoms with van der Waals surface area (Å²) in [5.41, 5.74) is 0. The molecule has 0 heterocycles. The maximum Gasteiger partial charge on any atom is 0.220 e. The van der Waals surface area contributed by atoms with Gasteiger partial charge in [-0.05, 0) is 12.8 Å². The summed E-state index contributed by atoms with van der Waals surface area (Å²) < 4.78 is 0. The number of halogens is 1. The van der Waals surface area contributed by atoms with Crippen LogP contribution in [-0.2, 0) is 4.79 Å². The van der Waals surface area contributed by atoms with Crippen LogP contribution in [0.1, 0.15) is 71.6 Å². The van der Waals surface area contributed by atoms with E-state index in [-0.39, 0.29) is 5.91 Å². The molecule has 0 saturated heterocycles. The van der Waals surface area contributed by atoms with Gasteiger partial charge in [-0.3, -0.25) is 4.79 Å². The van der Waals surface area contributed by atoms with E-state index in [2.05, 4.69) is 35.1 Å². The van der Waals surface area contributed by atoms with E-state index in [1.54, 1.807) is 0 Å². The van der Waals surface area contributed by atoms with Gasteiger partial charge in [0.25, 0.3) is 0 Å². The second-order valence-electron chi connectivity index (χ2n) is 4.71. The molecule has 17 heavy (non-hydrogen) atoms. The minimum Gasteiger partial charge on any atom is -0.355 e. The smallest absolute Gasteiger partial charge is 0.220 e. The normalized spacial score (nSPS) is 12.4. The summed E-state index contributed by atoms with van der Waals surface area (Å²) in [6, 6.07) is 0. The number of alkyl halides is 1. The van der Waals surface area contributed by atoms with Gasteiger partial charge in [-0.25, -0.2) is 0 Å². The Morgan fingerprint density at radius 2 is 1.71 bits per heavy atom. The first kappa shape index (κ1) is 16.9. The summed E-state index contributed by atoms with van der Waals surface area (Å²) in [6.07, 6.45) is 10.4. The average Bonchev–Trinajstić information content (AvgIpc) is 2.31. The van der Waals surface area contributed by atoms with E-state index in [4.69, 9.17) is 0 Å². The van der Waals surface area contributed by atoms with Gasteiger partial charge in [0.05, 0.1) is 0 Å². The van der Waals surface area contributed by atoms with Crippen LogP contribution in [0.5, 0.6) is 0 Å². The fourth-order valence-electron chi connectivity index (χ4n) is 1.79. The van der Waals surface area contributed by atoms with Gasteiger partial charge < -0.3 is 5.32 Å². The van der Waals surface area contributed by atoms with Crippen molar-refractivity contribution in [1.82, 2.24) is 5.32 Å². The molecule has 2 nitrogen and oxygen atoms in total. The molecule has 0 spiro atoms. The van der Waals surface area contributed by atoms with E-state index >= 15 is 0 Å². The molecule has 0 rings (SSSR count). The van der Waals surface area contributed by atoms with Crippen molar-refractivity contribution < 1.29 is 4.79 Å². The predicted octanol–water partition coefficient (Wildman–Crippen LogP) is 4.42. The number of hydrogen-bond donors (Lipinski definition) is 1. The molecule has 1 amide bonds. The molecule has 0 radical (unpaired) electrons. The predicted molar refractivity (Wildman–Crippen MR) is 78.6 cm³/mol. The molecule has 0 fully saturated rings. The van der Waals surface area contributed by atoms with Crippen LogP contribution in [0.2, 0.25) is 0 Å². The van der Waals surface area contributed by atoms with Gasteiger partial charge in [0.1, 0.15) is 0 Å². The first-order chi connectivity index (χ1) is 8.20. The molecule has 0 aromatic rings. The fourth-order valence-corrected chi connectivity index (χ4v) is 2.41. The van der Waals surface area contributed by atoms with Crippen molar-refractivity contribution in [3.8, 4) is 0 Å². The van der Waals surface area contributed by atoms with Crippen LogP contribution in [0.15, 0.2) is 0 Å². The number of amides is 1. The van der Waals surface area contributed by atoms with Crippen molar-refractivity contribution in [2.75, 3.05) is 6.54 Å². The van der Waals surface area contributed by atoms with E-state index < -0.39 is 0 Å². The third-order valence-corrected chi connectivity index (χ3v) is 3.66. The van der Waals surface area contributed by atoms with E-state index in [0.717, 1.165) is 25.8 Å². The van der Waals surface area contributed by atoms with Gasteiger partial charge in [-0.1, -0.05) is 68.3 Å². The molecule has 0 aromatic heterocycles. The van der Waals surface area contributed by atoms with E-state index in [1.807, 2.05) is 0 Å². The van der Waals surface area contributed by atoms with Crippen LogP contribution in [0.25, 0.3) is 0 Å². The molecule has 102 valence electrons. The standard InChI is InChI=1S/C14H28BrNO/c1-3-5-6-7-8-9-11-14(17)16-12-13(15)10-4-2/h13H,3-12H2,1-2H3,(H,16,17). The Balaban J connectivity index is 3.28. The second kappa shape index (κ2) is 12.4. The summed E-state index contributed by atoms with van der Waals surface area (Å²) in [7, 11) is 0. The molecule has 1 atom stereocenters. The monoisotopic (exact) mass is 305 g/mol. The molecule has 1 N–H and O–H groups in total. The molecule has 0 aliphatic carbocycles. The first-order valence-electron chi connectivity index (χ1n) is 7.11. The Morgan fingerprint density at radius 1 is 1.06 bits per heavy atom. The van der Waals surface area contributed by atoms with Crippen molar-refractivity contribution in [1.29, 1.82) is 0 Å². The molecular weight excluding hydrogens is 278 g/mol. The Hall–Kier alpha value is -0.0500. The van der Waals surface area contributed by atoms with Crippen molar-refractivity contribution in [3.63, 3.8) is 0 Å². The van der Waals surface area contributed by atoms with Gasteiger partial charge in [0.2, 0.25) is 5.91 Å². The van der Waals surface area contributed by atoms with Crippen molar-refractivity contribution in [2.45, 2.75) is 76.5 Å². The van der Waals surface area contributed by atoms with Crippen LogP contribution >= 0.6 is 15.9 Å². The quantitative estimate of drug-likeness (QED) is 0.444. The van der Waals surface area contributed by atoms with Crippen molar-refractivity contribution >= 4 is 21.8 Å². The number of unbranched alkanes of at least 4 members (excludes halogenated alkanes) is 5. The summed E-state index contributed by atoms with van der Waals surface area (Å²) >= 11 is 3.56. The third kappa shape index (κ3) is 12.2. The zero-order valence-electron chi connectivity index (χ0n) is 11.4. The van der Waals surface area contributed by atoms with Crippen LogP contribution in [0.3, 0.4) is 0 Å². The van der Waals surface area contributed by atoms with E-state index in [0.29, 0.717) is 11.2 Å². The topological polar surface area (TPSA) is 29.1 Å². The first-order valence-corrected chi connectivity index (χ1v) is 8.03. The zero-order valence-corrected chi connectivity index (χ0v) is 13.0. The number of nitrogens with one attached hydrogen (secondary N) is 1. The second-order valence-corrected chi connectivity index (χ2v) is 6.00. The van der Waals surface area contributed by atoms with Gasteiger partial charge in [-0.2, -0.15) is 0 Å². The largest absolute Gasteiger partial charge is 0.355 e. The molecule has 0 aromatic carbocycles. The lowest BCUT2D eigenvalue weighted by Gasteiger charge is -2.09. The summed E-state index contributed by atoms with van der Waals surface area (Å²) in [5, 5.41) is 2.98. The van der Waals surface area contributed by atoms with Gasteiger partial charge in [0, 0.05) is 17.8 Å². The fraction of sp³-hybridized carbons (Fsp3) is 0.929. The molecule has 1 unspecified atom stereocenters. The van der Waals surface area contributed by atoms with Crippen molar-refractivity contribution in [3.05, 3.63) is 0 Å². The highest BCUT2D eigenvalue weighted by Gasteiger charge is 2.05. The van der Waals surface area contributed by atoms with Gasteiger partial charge >= 0.3 is 0 Å². The minimum atomic E-state index is 0.209. The highest BCUT2D eigenvalue weighted by atomic mass is 79.9. The van der Waals surface area contributed by atoms with Gasteiger partial charge in [-0.15, -0.1) is 0 Å². The van der Waals surface area contributed by atoms with E-state index in [9.17, 15) is 4.79 Å². The molecule has 0 saturated carbocycles. The molecule has 0 aliphatic heterocycles. The summed E-state index contributed by atoms with van der Waals surface area (Å²) in [6.45, 7) is 5.15. The zero-order chi connectivity index (χ0) is 12.9.